The highest BCUT2D eigenvalue weighted by molar-refractivity contribution is 5.94. The quantitative estimate of drug-likeness (QED) is 0.640. The summed E-state index contributed by atoms with van der Waals surface area (Å²) in [5.74, 6) is -0.142. The fourth-order valence-electron chi connectivity index (χ4n) is 3.30. The molecule has 1 aromatic heterocycles. The Morgan fingerprint density at radius 3 is 2.88 bits per heavy atom. The molecule has 1 unspecified atom stereocenters. The van der Waals surface area contributed by atoms with Gasteiger partial charge in [0.25, 0.3) is 11.6 Å². The van der Waals surface area contributed by atoms with E-state index in [0.29, 0.717) is 11.1 Å². The summed E-state index contributed by atoms with van der Waals surface area (Å²) in [7, 11) is 1.77. The van der Waals surface area contributed by atoms with Crippen molar-refractivity contribution in [3.05, 3.63) is 69.0 Å². The number of hydrogen-bond acceptors (Lipinski definition) is 4. The van der Waals surface area contributed by atoms with E-state index in [1.54, 1.807) is 31.1 Å². The van der Waals surface area contributed by atoms with E-state index in [9.17, 15) is 14.9 Å². The van der Waals surface area contributed by atoms with Crippen LogP contribution in [0.15, 0.2) is 36.5 Å². The molecule has 0 aliphatic heterocycles. The second kappa shape index (κ2) is 6.39. The Kier molecular flexibility index (Phi) is 4.29. The Morgan fingerprint density at radius 2 is 2.17 bits per heavy atom. The third-order valence-electron chi connectivity index (χ3n) is 4.59. The normalized spacial score (nSPS) is 16.3. The molecule has 1 aromatic carbocycles. The van der Waals surface area contributed by atoms with Crippen molar-refractivity contribution in [2.75, 3.05) is 7.05 Å². The minimum absolute atomic E-state index is 0.0267. The molecular formula is C18H19N3O3. The first-order valence-electron chi connectivity index (χ1n) is 7.95. The second-order valence-corrected chi connectivity index (χ2v) is 6.13. The molecule has 1 aliphatic carbocycles. The number of carbonyl (C=O) groups is 1. The number of nitro groups is 1. The van der Waals surface area contributed by atoms with Crippen LogP contribution in [0.1, 0.15) is 46.1 Å². The predicted octanol–water partition coefficient (Wildman–Crippen LogP) is 3.45. The minimum atomic E-state index is -0.436. The van der Waals surface area contributed by atoms with Crippen molar-refractivity contribution >= 4 is 11.6 Å². The molecule has 0 saturated heterocycles. The van der Waals surface area contributed by atoms with Crippen molar-refractivity contribution in [3.63, 3.8) is 0 Å². The number of benzene rings is 1. The van der Waals surface area contributed by atoms with Crippen LogP contribution in [0.3, 0.4) is 0 Å². The fraction of sp³-hybridized carbons (Fsp3) is 0.333. The van der Waals surface area contributed by atoms with Gasteiger partial charge in [-0.05, 0) is 49.9 Å². The molecule has 0 N–H and O–H groups in total. The van der Waals surface area contributed by atoms with Crippen molar-refractivity contribution in [2.24, 2.45) is 0 Å². The maximum Gasteiger partial charge on any atom is 0.272 e. The van der Waals surface area contributed by atoms with Gasteiger partial charge in [0.1, 0.15) is 0 Å². The summed E-state index contributed by atoms with van der Waals surface area (Å²) in [6, 6.07) is 8.42. The minimum Gasteiger partial charge on any atom is -0.333 e. The van der Waals surface area contributed by atoms with E-state index in [1.165, 1.54) is 17.7 Å². The second-order valence-electron chi connectivity index (χ2n) is 6.13. The summed E-state index contributed by atoms with van der Waals surface area (Å²) in [5.41, 5.74) is 3.12. The van der Waals surface area contributed by atoms with Crippen LogP contribution in [-0.4, -0.2) is 27.8 Å². The third kappa shape index (κ3) is 2.87. The Balaban J connectivity index is 1.88. The molecule has 0 saturated carbocycles. The molecule has 6 nitrogen and oxygen atoms in total. The van der Waals surface area contributed by atoms with Crippen LogP contribution in [-0.2, 0) is 6.42 Å². The van der Waals surface area contributed by atoms with Crippen LogP contribution in [0.2, 0.25) is 0 Å². The summed E-state index contributed by atoms with van der Waals surface area (Å²) >= 11 is 0. The van der Waals surface area contributed by atoms with Crippen LogP contribution in [0, 0.1) is 17.0 Å². The van der Waals surface area contributed by atoms with Crippen molar-refractivity contribution < 1.29 is 9.72 Å². The number of nitrogens with zero attached hydrogens (tertiary/aromatic N) is 3. The van der Waals surface area contributed by atoms with E-state index >= 15 is 0 Å². The summed E-state index contributed by atoms with van der Waals surface area (Å²) < 4.78 is 0. The molecule has 0 radical (unpaired) electrons. The average molecular weight is 325 g/mol. The zero-order valence-electron chi connectivity index (χ0n) is 13.7. The first-order valence-corrected chi connectivity index (χ1v) is 7.95. The summed E-state index contributed by atoms with van der Waals surface area (Å²) in [5, 5.41) is 10.9. The standard InChI is InChI=1S/C18H19N3O3/c1-12-11-14(8-9-15(12)21(23)24)18(22)20(2)16-7-3-5-13-6-4-10-19-17(13)16/h4,6,8-11,16H,3,5,7H2,1-2H3. The molecule has 0 spiro atoms. The molecule has 0 bridgehead atoms. The molecule has 6 heteroatoms. The van der Waals surface area contributed by atoms with Gasteiger partial charge in [0, 0.05) is 30.4 Å². The van der Waals surface area contributed by atoms with Gasteiger partial charge in [-0.1, -0.05) is 6.07 Å². The molecule has 1 heterocycles. The van der Waals surface area contributed by atoms with Gasteiger partial charge in [0.2, 0.25) is 0 Å². The molecular weight excluding hydrogens is 306 g/mol. The lowest BCUT2D eigenvalue weighted by atomic mass is 9.90. The SMILES string of the molecule is Cc1cc(C(=O)N(C)C2CCCc3cccnc32)ccc1[N+](=O)[O-]. The maximum absolute atomic E-state index is 12.8. The highest BCUT2D eigenvalue weighted by Gasteiger charge is 2.28. The zero-order chi connectivity index (χ0) is 17.3. The molecule has 1 atom stereocenters. The first-order chi connectivity index (χ1) is 11.5. The molecule has 1 amide bonds. The number of amides is 1. The average Bonchev–Trinajstić information content (AvgIpc) is 2.59. The van der Waals surface area contributed by atoms with Crippen molar-refractivity contribution in [1.82, 2.24) is 9.88 Å². The predicted molar refractivity (Wildman–Crippen MR) is 89.8 cm³/mol. The number of pyridine rings is 1. The number of rotatable bonds is 3. The van der Waals surface area contributed by atoms with Crippen LogP contribution in [0.5, 0.6) is 0 Å². The summed E-state index contributed by atoms with van der Waals surface area (Å²) in [6.45, 7) is 1.65. The van der Waals surface area contributed by atoms with Gasteiger partial charge in [-0.2, -0.15) is 0 Å². The highest BCUT2D eigenvalue weighted by atomic mass is 16.6. The zero-order valence-corrected chi connectivity index (χ0v) is 13.7. The number of aromatic nitrogens is 1. The lowest BCUT2D eigenvalue weighted by Crippen LogP contribution is -2.34. The monoisotopic (exact) mass is 325 g/mol. The summed E-state index contributed by atoms with van der Waals surface area (Å²) in [4.78, 5) is 29.5. The molecule has 124 valence electrons. The third-order valence-corrected chi connectivity index (χ3v) is 4.59. The Labute approximate surface area is 140 Å². The number of fused-ring (bicyclic) bond motifs is 1. The first kappa shape index (κ1) is 16.1. The van der Waals surface area contributed by atoms with Gasteiger partial charge in [-0.3, -0.25) is 19.9 Å². The summed E-state index contributed by atoms with van der Waals surface area (Å²) in [6.07, 6.45) is 4.63. The Hall–Kier alpha value is -2.76. The number of aryl methyl sites for hydroxylation is 2. The van der Waals surface area contributed by atoms with Gasteiger partial charge in [-0.15, -0.1) is 0 Å². The lowest BCUT2D eigenvalue weighted by molar-refractivity contribution is -0.385. The number of hydrogen-bond donors (Lipinski definition) is 0. The van der Waals surface area contributed by atoms with Crippen LogP contribution in [0.4, 0.5) is 5.69 Å². The van der Waals surface area contributed by atoms with Crippen molar-refractivity contribution in [2.45, 2.75) is 32.2 Å². The molecule has 24 heavy (non-hydrogen) atoms. The van der Waals surface area contributed by atoms with E-state index in [1.807, 2.05) is 6.07 Å². The molecule has 2 aromatic rings. The largest absolute Gasteiger partial charge is 0.333 e. The van der Waals surface area contributed by atoms with Gasteiger partial charge in [-0.25, -0.2) is 0 Å². The highest BCUT2D eigenvalue weighted by Crippen LogP contribution is 2.33. The topological polar surface area (TPSA) is 76.3 Å². The Morgan fingerprint density at radius 1 is 1.38 bits per heavy atom. The molecule has 0 fully saturated rings. The smallest absolute Gasteiger partial charge is 0.272 e. The number of nitro benzene ring substituents is 1. The number of carbonyl (C=O) groups excluding carboxylic acids is 1. The molecule has 1 aliphatic rings. The van der Waals surface area contributed by atoms with Crippen LogP contribution in [0.25, 0.3) is 0 Å². The van der Waals surface area contributed by atoms with Crippen molar-refractivity contribution in [3.8, 4) is 0 Å². The lowest BCUT2D eigenvalue weighted by Gasteiger charge is -2.32. The fourth-order valence-corrected chi connectivity index (χ4v) is 3.30. The van der Waals surface area contributed by atoms with E-state index < -0.39 is 4.92 Å². The van der Waals surface area contributed by atoms with Gasteiger partial charge in [0.05, 0.1) is 16.7 Å². The maximum atomic E-state index is 12.8. The van der Waals surface area contributed by atoms with Gasteiger partial charge in [0.15, 0.2) is 0 Å². The Bertz CT molecular complexity index is 804. The van der Waals surface area contributed by atoms with E-state index in [4.69, 9.17) is 0 Å². The van der Waals surface area contributed by atoms with E-state index in [-0.39, 0.29) is 17.6 Å². The van der Waals surface area contributed by atoms with E-state index in [2.05, 4.69) is 11.1 Å². The van der Waals surface area contributed by atoms with Crippen LogP contribution >= 0.6 is 0 Å². The van der Waals surface area contributed by atoms with Gasteiger partial charge < -0.3 is 4.90 Å². The molecule has 3 rings (SSSR count). The van der Waals surface area contributed by atoms with Crippen LogP contribution < -0.4 is 0 Å². The van der Waals surface area contributed by atoms with Crippen molar-refractivity contribution in [1.29, 1.82) is 0 Å². The van der Waals surface area contributed by atoms with E-state index in [0.717, 1.165) is 25.0 Å². The van der Waals surface area contributed by atoms with Gasteiger partial charge >= 0.3 is 0 Å².